The van der Waals surface area contributed by atoms with Crippen molar-refractivity contribution < 1.29 is 58.4 Å². The molecule has 8 nitrogen and oxygen atoms in total. The first-order valence-corrected chi connectivity index (χ1v) is 8.53. The highest BCUT2D eigenvalue weighted by atomic mass is 32.2. The number of hydrogen-bond acceptors (Lipinski definition) is 7. The molecule has 1 aromatic rings. The van der Waals surface area contributed by atoms with Gasteiger partial charge in [-0.2, -0.15) is 21.6 Å². The summed E-state index contributed by atoms with van der Waals surface area (Å²) in [6.07, 6.45) is -10.4. The second-order valence-electron chi connectivity index (χ2n) is 5.35. The minimum Gasteiger partial charge on any atom is -0.450 e. The van der Waals surface area contributed by atoms with Crippen LogP contribution in [0.4, 0.5) is 22.0 Å². The molecule has 2 unspecified atom stereocenters. The monoisotopic (exact) mass is 424 g/mol. The largest absolute Gasteiger partial charge is 0.450 e. The molecule has 154 valence electrons. The molecule has 0 aliphatic heterocycles. The van der Waals surface area contributed by atoms with E-state index in [0.29, 0.717) is 13.0 Å². The van der Waals surface area contributed by atoms with Crippen molar-refractivity contribution in [1.29, 1.82) is 0 Å². The number of ether oxygens (including phenoxy) is 2. The molecule has 0 spiro atoms. The van der Waals surface area contributed by atoms with Crippen LogP contribution >= 0.6 is 0 Å². The van der Waals surface area contributed by atoms with Crippen LogP contribution in [0, 0.1) is 0 Å². The number of furan rings is 1. The van der Waals surface area contributed by atoms with Crippen molar-refractivity contribution in [3.8, 4) is 0 Å². The third-order valence-electron chi connectivity index (χ3n) is 2.98. The standard InChI is InChI=1S/C13H13F5O8S/c1-6(12(2,14)15)24-10(19)7-3-4-8(25-7)11(20)26-9(13(16,17)18)5-27(21,22)23/h3-4,6,9H,5H2,1-2H3,(H,21,22,23). The summed E-state index contributed by atoms with van der Waals surface area (Å²) >= 11 is 0. The van der Waals surface area contributed by atoms with Crippen LogP contribution < -0.4 is 0 Å². The Labute approximate surface area is 149 Å². The van der Waals surface area contributed by atoms with E-state index in [4.69, 9.17) is 4.55 Å². The first-order chi connectivity index (χ1) is 12.0. The summed E-state index contributed by atoms with van der Waals surface area (Å²) in [6.45, 7) is 1.35. The minimum absolute atomic E-state index is 0.475. The number of halogens is 5. The molecule has 1 N–H and O–H groups in total. The van der Waals surface area contributed by atoms with Crippen molar-refractivity contribution in [3.63, 3.8) is 0 Å². The smallest absolute Gasteiger partial charge is 0.426 e. The van der Waals surface area contributed by atoms with Crippen molar-refractivity contribution in [1.82, 2.24) is 0 Å². The maximum absolute atomic E-state index is 13.0. The zero-order valence-corrected chi connectivity index (χ0v) is 14.4. The first kappa shape index (κ1) is 22.8. The molecule has 0 radical (unpaired) electrons. The SMILES string of the molecule is CC(OC(=O)c1ccc(C(=O)OC(CS(=O)(=O)O)C(F)(F)F)o1)C(C)(F)F. The van der Waals surface area contributed by atoms with Crippen LogP contribution in [0.2, 0.25) is 0 Å². The highest BCUT2D eigenvalue weighted by molar-refractivity contribution is 7.85. The first-order valence-electron chi connectivity index (χ1n) is 6.92. The van der Waals surface area contributed by atoms with E-state index in [2.05, 4.69) is 13.9 Å². The Morgan fingerprint density at radius 2 is 1.56 bits per heavy atom. The lowest BCUT2D eigenvalue weighted by atomic mass is 10.2. The molecule has 1 aromatic heterocycles. The fourth-order valence-corrected chi connectivity index (χ4v) is 2.09. The maximum atomic E-state index is 13.0. The number of carbonyl (C=O) groups is 2. The highest BCUT2D eigenvalue weighted by Gasteiger charge is 2.46. The molecule has 0 saturated heterocycles. The van der Waals surface area contributed by atoms with Crippen molar-refractivity contribution in [3.05, 3.63) is 23.7 Å². The van der Waals surface area contributed by atoms with Gasteiger partial charge in [0.2, 0.25) is 17.6 Å². The molecule has 27 heavy (non-hydrogen) atoms. The van der Waals surface area contributed by atoms with Gasteiger partial charge in [0.15, 0.2) is 6.10 Å². The number of hydrogen-bond donors (Lipinski definition) is 1. The van der Waals surface area contributed by atoms with Gasteiger partial charge in [-0.15, -0.1) is 0 Å². The van der Waals surface area contributed by atoms with Gasteiger partial charge >= 0.3 is 18.1 Å². The lowest BCUT2D eigenvalue weighted by molar-refractivity contribution is -0.197. The molecule has 2 atom stereocenters. The van der Waals surface area contributed by atoms with Crippen molar-refractivity contribution in [2.75, 3.05) is 5.75 Å². The zero-order valence-electron chi connectivity index (χ0n) is 13.6. The summed E-state index contributed by atoms with van der Waals surface area (Å²) in [5.41, 5.74) is 0. The quantitative estimate of drug-likeness (QED) is 0.403. The van der Waals surface area contributed by atoms with E-state index in [9.17, 15) is 40.0 Å². The van der Waals surface area contributed by atoms with Gasteiger partial charge < -0.3 is 13.9 Å². The molecule has 1 rings (SSSR count). The van der Waals surface area contributed by atoms with Crippen LogP contribution in [0.5, 0.6) is 0 Å². The normalized spacial score (nSPS) is 15.1. The zero-order chi connectivity index (χ0) is 21.2. The summed E-state index contributed by atoms with van der Waals surface area (Å²) in [7, 11) is -5.14. The molecule has 0 aromatic carbocycles. The van der Waals surface area contributed by atoms with Crippen LogP contribution in [-0.2, 0) is 19.6 Å². The topological polar surface area (TPSA) is 120 Å². The fourth-order valence-electron chi connectivity index (χ4n) is 1.45. The van der Waals surface area contributed by atoms with E-state index in [1.165, 1.54) is 0 Å². The molecule has 1 heterocycles. The fraction of sp³-hybridized carbons (Fsp3) is 0.538. The predicted octanol–water partition coefficient (Wildman–Crippen LogP) is 2.46. The molecular formula is C13H13F5O8S. The van der Waals surface area contributed by atoms with Crippen molar-refractivity contribution in [2.45, 2.75) is 38.2 Å². The van der Waals surface area contributed by atoms with Gasteiger partial charge in [0.05, 0.1) is 0 Å². The Morgan fingerprint density at radius 3 is 1.93 bits per heavy atom. The van der Waals surface area contributed by atoms with E-state index >= 15 is 0 Å². The van der Waals surface area contributed by atoms with Gasteiger partial charge in [-0.1, -0.05) is 0 Å². The molecule has 14 heteroatoms. The molecule has 0 aliphatic carbocycles. The molecule has 0 aliphatic rings. The number of esters is 2. The summed E-state index contributed by atoms with van der Waals surface area (Å²) in [5, 5.41) is 0. The Bertz CT molecular complexity index is 792. The summed E-state index contributed by atoms with van der Waals surface area (Å²) in [4.78, 5) is 23.3. The second-order valence-corrected chi connectivity index (χ2v) is 6.85. The molecule has 0 fully saturated rings. The lowest BCUT2D eigenvalue weighted by Crippen LogP contribution is -2.39. The van der Waals surface area contributed by atoms with E-state index in [-0.39, 0.29) is 0 Å². The Hall–Kier alpha value is -2.22. The minimum atomic E-state index is -5.33. The number of carbonyl (C=O) groups excluding carboxylic acids is 2. The van der Waals surface area contributed by atoms with Crippen LogP contribution in [-0.4, -0.2) is 55.0 Å². The van der Waals surface area contributed by atoms with Crippen molar-refractivity contribution in [2.24, 2.45) is 0 Å². The Morgan fingerprint density at radius 1 is 1.11 bits per heavy atom. The predicted molar refractivity (Wildman–Crippen MR) is 75.9 cm³/mol. The number of rotatable bonds is 7. The highest BCUT2D eigenvalue weighted by Crippen LogP contribution is 2.26. The van der Waals surface area contributed by atoms with Gasteiger partial charge in [0.1, 0.15) is 5.75 Å². The third-order valence-corrected chi connectivity index (χ3v) is 3.71. The van der Waals surface area contributed by atoms with Gasteiger partial charge in [-0.05, 0) is 19.1 Å². The van der Waals surface area contributed by atoms with E-state index in [1.807, 2.05) is 0 Å². The Kier molecular flexibility index (Phi) is 6.59. The summed E-state index contributed by atoms with van der Waals surface area (Å²) in [6, 6.07) is 1.44. The molecule has 0 bridgehead atoms. The van der Waals surface area contributed by atoms with Gasteiger partial charge in [0, 0.05) is 6.92 Å². The summed E-state index contributed by atoms with van der Waals surface area (Å²) in [5.74, 6) is -10.3. The van der Waals surface area contributed by atoms with Gasteiger partial charge in [-0.25, -0.2) is 18.4 Å². The molecular weight excluding hydrogens is 411 g/mol. The third kappa shape index (κ3) is 7.13. The summed E-state index contributed by atoms with van der Waals surface area (Å²) < 4.78 is 107. The van der Waals surface area contributed by atoms with Crippen LogP contribution in [0.3, 0.4) is 0 Å². The average Bonchev–Trinajstić information content (AvgIpc) is 2.92. The maximum Gasteiger partial charge on any atom is 0.426 e. The molecule has 0 amide bonds. The molecule has 0 saturated carbocycles. The average molecular weight is 424 g/mol. The van der Waals surface area contributed by atoms with Crippen LogP contribution in [0.25, 0.3) is 0 Å². The second kappa shape index (κ2) is 7.80. The number of alkyl halides is 5. The Balaban J connectivity index is 2.89. The van der Waals surface area contributed by atoms with Gasteiger partial charge in [0.25, 0.3) is 16.0 Å². The van der Waals surface area contributed by atoms with E-state index in [1.54, 1.807) is 0 Å². The van der Waals surface area contributed by atoms with Crippen LogP contribution in [0.15, 0.2) is 16.5 Å². The van der Waals surface area contributed by atoms with Gasteiger partial charge in [-0.3, -0.25) is 4.55 Å². The van der Waals surface area contributed by atoms with E-state index < -0.39 is 63.6 Å². The van der Waals surface area contributed by atoms with Crippen LogP contribution in [0.1, 0.15) is 35.0 Å². The van der Waals surface area contributed by atoms with Crippen molar-refractivity contribution >= 4 is 22.1 Å². The van der Waals surface area contributed by atoms with E-state index in [0.717, 1.165) is 13.0 Å². The lowest BCUT2D eigenvalue weighted by Gasteiger charge is -2.19.